The van der Waals surface area contributed by atoms with Crippen LogP contribution < -0.4 is 14.8 Å². The second kappa shape index (κ2) is 5.88. The third-order valence-corrected chi connectivity index (χ3v) is 3.99. The third kappa shape index (κ3) is 2.66. The number of hydrogen-bond donors (Lipinski definition) is 1. The van der Waals surface area contributed by atoms with Gasteiger partial charge in [0, 0.05) is 24.8 Å². The molecule has 2 aromatic heterocycles. The highest BCUT2D eigenvalue weighted by molar-refractivity contribution is 5.41. The quantitative estimate of drug-likeness (QED) is 0.786. The maximum absolute atomic E-state index is 5.85. The van der Waals surface area contributed by atoms with E-state index in [9.17, 15) is 0 Å². The molecule has 1 aliphatic heterocycles. The van der Waals surface area contributed by atoms with Gasteiger partial charge in [0.1, 0.15) is 6.61 Å². The van der Waals surface area contributed by atoms with Crippen LogP contribution in [0.4, 0.5) is 6.01 Å². The molecule has 1 atom stereocenters. The summed E-state index contributed by atoms with van der Waals surface area (Å²) in [6.07, 6.45) is 1.40. The number of nitrogens with one attached hydrogen (secondary N) is 1. The largest absolute Gasteiger partial charge is 0.485 e. The summed E-state index contributed by atoms with van der Waals surface area (Å²) in [6.45, 7) is 2.90. The van der Waals surface area contributed by atoms with Crippen molar-refractivity contribution in [3.63, 3.8) is 0 Å². The Kier molecular flexibility index (Phi) is 3.56. The van der Waals surface area contributed by atoms with Crippen molar-refractivity contribution >= 4 is 6.01 Å². The number of aromatic nitrogens is 4. The first-order valence-electron chi connectivity index (χ1n) is 7.64. The molecular weight excluding hydrogens is 310 g/mol. The first kappa shape index (κ1) is 14.6. The number of para-hydroxylation sites is 2. The van der Waals surface area contributed by atoms with E-state index in [1.807, 2.05) is 49.1 Å². The van der Waals surface area contributed by atoms with Gasteiger partial charge in [-0.2, -0.15) is 5.10 Å². The molecule has 4 rings (SSSR count). The Morgan fingerprint density at radius 1 is 1.25 bits per heavy atom. The summed E-state index contributed by atoms with van der Waals surface area (Å²) < 4.78 is 19.0. The van der Waals surface area contributed by atoms with Gasteiger partial charge >= 0.3 is 6.01 Å². The molecule has 0 unspecified atom stereocenters. The van der Waals surface area contributed by atoms with E-state index >= 15 is 0 Å². The van der Waals surface area contributed by atoms with Gasteiger partial charge in [-0.1, -0.05) is 17.2 Å². The monoisotopic (exact) mass is 327 g/mol. The van der Waals surface area contributed by atoms with Crippen LogP contribution in [-0.2, 0) is 13.6 Å². The van der Waals surface area contributed by atoms with E-state index in [4.69, 9.17) is 13.9 Å². The predicted octanol–water partition coefficient (Wildman–Crippen LogP) is 2.24. The fourth-order valence-electron chi connectivity index (χ4n) is 2.47. The van der Waals surface area contributed by atoms with Crippen LogP contribution in [0.2, 0.25) is 0 Å². The second-order valence-corrected chi connectivity index (χ2v) is 5.54. The maximum Gasteiger partial charge on any atom is 0.315 e. The highest BCUT2D eigenvalue weighted by Gasteiger charge is 2.27. The number of rotatable bonds is 4. The van der Waals surface area contributed by atoms with Crippen molar-refractivity contribution in [2.24, 2.45) is 7.05 Å². The molecule has 0 amide bonds. The Bertz CT molecular complexity index is 857. The Morgan fingerprint density at radius 3 is 2.88 bits per heavy atom. The SMILES string of the molecule is Cc1c(CNc2nnc([C@@H]3COc4ccccc4O3)o2)cnn1C. The van der Waals surface area contributed by atoms with Crippen molar-refractivity contribution in [2.45, 2.75) is 19.6 Å². The van der Waals surface area contributed by atoms with E-state index in [1.54, 1.807) is 0 Å². The lowest BCUT2D eigenvalue weighted by Gasteiger charge is -2.23. The highest BCUT2D eigenvalue weighted by Crippen LogP contribution is 2.35. The number of nitrogens with zero attached hydrogens (tertiary/aromatic N) is 4. The summed E-state index contributed by atoms with van der Waals surface area (Å²) in [6, 6.07) is 7.85. The van der Waals surface area contributed by atoms with E-state index < -0.39 is 6.10 Å². The standard InChI is InChI=1S/C16H17N5O3/c1-10-11(8-18-21(10)2)7-17-16-20-19-15(24-16)14-9-22-12-5-3-4-6-13(12)23-14/h3-6,8,14H,7,9H2,1-2H3,(H,17,20)/t14-/m0/s1. The Labute approximate surface area is 138 Å². The first-order chi connectivity index (χ1) is 11.7. The zero-order chi connectivity index (χ0) is 16.5. The fourth-order valence-corrected chi connectivity index (χ4v) is 2.47. The molecule has 1 aliphatic rings. The normalized spacial score (nSPS) is 16.2. The average molecular weight is 327 g/mol. The smallest absolute Gasteiger partial charge is 0.315 e. The predicted molar refractivity (Wildman–Crippen MR) is 84.9 cm³/mol. The molecule has 0 radical (unpaired) electrons. The number of fused-ring (bicyclic) bond motifs is 1. The lowest BCUT2D eigenvalue weighted by Crippen LogP contribution is -2.21. The van der Waals surface area contributed by atoms with Crippen LogP contribution >= 0.6 is 0 Å². The Morgan fingerprint density at radius 2 is 2.08 bits per heavy atom. The molecule has 3 heterocycles. The Hall–Kier alpha value is -3.03. The molecule has 24 heavy (non-hydrogen) atoms. The zero-order valence-electron chi connectivity index (χ0n) is 13.4. The molecule has 0 saturated heterocycles. The second-order valence-electron chi connectivity index (χ2n) is 5.54. The first-order valence-corrected chi connectivity index (χ1v) is 7.64. The summed E-state index contributed by atoms with van der Waals surface area (Å²) in [4.78, 5) is 0. The van der Waals surface area contributed by atoms with Crippen LogP contribution in [-0.4, -0.2) is 26.6 Å². The minimum atomic E-state index is -0.414. The van der Waals surface area contributed by atoms with Crippen molar-refractivity contribution in [1.82, 2.24) is 20.0 Å². The topological polar surface area (TPSA) is 87.2 Å². The van der Waals surface area contributed by atoms with E-state index in [0.717, 1.165) is 17.0 Å². The molecule has 3 aromatic rings. The summed E-state index contributed by atoms with van der Waals surface area (Å²) in [5.74, 6) is 1.78. The van der Waals surface area contributed by atoms with Gasteiger partial charge in [0.05, 0.1) is 6.20 Å². The van der Waals surface area contributed by atoms with Crippen LogP contribution in [0.25, 0.3) is 0 Å². The van der Waals surface area contributed by atoms with E-state index in [-0.39, 0.29) is 0 Å². The molecule has 8 heteroatoms. The minimum Gasteiger partial charge on any atom is -0.485 e. The van der Waals surface area contributed by atoms with Gasteiger partial charge in [-0.15, -0.1) is 5.10 Å². The van der Waals surface area contributed by atoms with E-state index in [0.29, 0.717) is 30.8 Å². The van der Waals surface area contributed by atoms with Crippen molar-refractivity contribution in [3.8, 4) is 11.5 Å². The fraction of sp³-hybridized carbons (Fsp3) is 0.312. The molecule has 124 valence electrons. The van der Waals surface area contributed by atoms with Crippen LogP contribution in [0.3, 0.4) is 0 Å². The number of benzene rings is 1. The van der Waals surface area contributed by atoms with Gasteiger partial charge in [-0.3, -0.25) is 4.68 Å². The van der Waals surface area contributed by atoms with Crippen molar-refractivity contribution in [3.05, 3.63) is 47.6 Å². The Balaban J connectivity index is 1.43. The third-order valence-electron chi connectivity index (χ3n) is 3.99. The molecule has 1 N–H and O–H groups in total. The number of ether oxygens (including phenoxy) is 2. The molecule has 0 aliphatic carbocycles. The van der Waals surface area contributed by atoms with Gasteiger partial charge in [-0.05, 0) is 19.1 Å². The molecule has 8 nitrogen and oxygen atoms in total. The molecule has 0 spiro atoms. The van der Waals surface area contributed by atoms with Crippen LogP contribution in [0.15, 0.2) is 34.9 Å². The lowest BCUT2D eigenvalue weighted by molar-refractivity contribution is 0.0717. The van der Waals surface area contributed by atoms with Crippen LogP contribution in [0.5, 0.6) is 11.5 Å². The van der Waals surface area contributed by atoms with Crippen molar-refractivity contribution in [1.29, 1.82) is 0 Å². The zero-order valence-corrected chi connectivity index (χ0v) is 13.4. The van der Waals surface area contributed by atoms with Gasteiger partial charge in [-0.25, -0.2) is 0 Å². The van der Waals surface area contributed by atoms with Gasteiger partial charge in [0.2, 0.25) is 6.10 Å². The van der Waals surface area contributed by atoms with Crippen LogP contribution in [0.1, 0.15) is 23.3 Å². The molecule has 0 saturated carbocycles. The number of anilines is 1. The number of hydrogen-bond acceptors (Lipinski definition) is 7. The van der Waals surface area contributed by atoms with Gasteiger partial charge in [0.25, 0.3) is 5.89 Å². The van der Waals surface area contributed by atoms with Gasteiger partial charge < -0.3 is 19.2 Å². The molecule has 1 aromatic carbocycles. The summed E-state index contributed by atoms with van der Waals surface area (Å²) >= 11 is 0. The molecular formula is C16H17N5O3. The average Bonchev–Trinajstić information content (AvgIpc) is 3.21. The summed E-state index contributed by atoms with van der Waals surface area (Å²) in [5, 5.41) is 15.4. The van der Waals surface area contributed by atoms with E-state index in [1.165, 1.54) is 0 Å². The number of aryl methyl sites for hydroxylation is 1. The summed E-state index contributed by atoms with van der Waals surface area (Å²) in [5.41, 5.74) is 2.16. The molecule has 0 fully saturated rings. The van der Waals surface area contributed by atoms with Crippen LogP contribution in [0, 0.1) is 6.92 Å². The van der Waals surface area contributed by atoms with Crippen molar-refractivity contribution in [2.75, 3.05) is 11.9 Å². The maximum atomic E-state index is 5.85. The van der Waals surface area contributed by atoms with Gasteiger partial charge in [0.15, 0.2) is 11.5 Å². The molecule has 0 bridgehead atoms. The lowest BCUT2D eigenvalue weighted by atomic mass is 10.2. The summed E-state index contributed by atoms with van der Waals surface area (Å²) in [7, 11) is 1.90. The minimum absolute atomic E-state index is 0.334. The van der Waals surface area contributed by atoms with E-state index in [2.05, 4.69) is 20.6 Å². The highest BCUT2D eigenvalue weighted by atomic mass is 16.6. The van der Waals surface area contributed by atoms with Crippen molar-refractivity contribution < 1.29 is 13.9 Å².